The van der Waals surface area contributed by atoms with E-state index in [1.165, 1.54) is 12.3 Å². The molecule has 0 N–H and O–H groups in total. The Kier molecular flexibility index (Phi) is 2.12. The average molecular weight is 223 g/mol. The minimum absolute atomic E-state index is 0.175. The molecule has 0 radical (unpaired) electrons. The number of fused-ring (bicyclic) bond motifs is 1. The van der Waals surface area contributed by atoms with Crippen LogP contribution in [0, 0.1) is 0 Å². The number of rotatable bonds is 1. The van der Waals surface area contributed by atoms with E-state index >= 15 is 0 Å². The molecule has 1 aliphatic carbocycles. The summed E-state index contributed by atoms with van der Waals surface area (Å²) in [6.45, 7) is 0. The van der Waals surface area contributed by atoms with E-state index in [2.05, 4.69) is 0 Å². The van der Waals surface area contributed by atoms with Crippen LogP contribution in [0.4, 0.5) is 0 Å². The van der Waals surface area contributed by atoms with Crippen molar-refractivity contribution in [2.45, 2.75) is 0 Å². The first-order valence-electron chi connectivity index (χ1n) is 4.31. The molecule has 15 heavy (non-hydrogen) atoms. The fourth-order valence-corrected chi connectivity index (χ4v) is 2.29. The van der Waals surface area contributed by atoms with Gasteiger partial charge in [0.15, 0.2) is 5.43 Å². The molecule has 0 fully saturated rings. The number of nitrogens with zero attached hydrogens (tertiary/aromatic N) is 1. The monoisotopic (exact) mass is 223 g/mol. The van der Waals surface area contributed by atoms with Crippen LogP contribution in [0.15, 0.2) is 41.3 Å². The molecule has 0 amide bonds. The molecule has 0 saturated heterocycles. The van der Waals surface area contributed by atoms with Gasteiger partial charge in [0.25, 0.3) is 0 Å². The summed E-state index contributed by atoms with van der Waals surface area (Å²) in [5, 5.41) is 0. The molecule has 0 aromatic rings. The smallest absolute Gasteiger partial charge is 0.236 e. The maximum absolute atomic E-state index is 11.4. The molecule has 0 atom stereocenters. The number of hydrogen-bond acceptors (Lipinski definition) is 3. The highest BCUT2D eigenvalue weighted by atomic mass is 32.2. The topological polar surface area (TPSA) is 56.1 Å². The second-order valence-corrected chi connectivity index (χ2v) is 5.12. The standard InChI is InChI=1S/C10H9NO3S/c1-15(13,14)11-7-3-4-8-9(11)5-2-6-10(8)12/h2-7H,1H3. The van der Waals surface area contributed by atoms with Gasteiger partial charge in [-0.1, -0.05) is 6.07 Å². The lowest BCUT2D eigenvalue weighted by Gasteiger charge is -2.11. The van der Waals surface area contributed by atoms with Crippen molar-refractivity contribution in [1.29, 1.82) is 0 Å². The van der Waals surface area contributed by atoms with Crippen molar-refractivity contribution >= 4 is 10.0 Å². The van der Waals surface area contributed by atoms with Crippen LogP contribution in [-0.2, 0) is 10.0 Å². The van der Waals surface area contributed by atoms with Gasteiger partial charge < -0.3 is 0 Å². The van der Waals surface area contributed by atoms with Crippen molar-refractivity contribution in [1.82, 2.24) is 3.97 Å². The van der Waals surface area contributed by atoms with Gasteiger partial charge in [-0.15, -0.1) is 0 Å². The first-order valence-corrected chi connectivity index (χ1v) is 6.16. The Morgan fingerprint density at radius 2 is 1.87 bits per heavy atom. The first-order chi connectivity index (χ1) is 7.00. The van der Waals surface area contributed by atoms with E-state index < -0.39 is 10.0 Å². The molecule has 2 aliphatic rings. The first kappa shape index (κ1) is 9.92. The molecule has 1 heterocycles. The molecule has 2 rings (SSSR count). The summed E-state index contributed by atoms with van der Waals surface area (Å²) in [6, 6.07) is 7.73. The van der Waals surface area contributed by atoms with Gasteiger partial charge >= 0.3 is 0 Å². The Labute approximate surface area is 87.2 Å². The number of pyridine rings is 1. The lowest BCUT2D eigenvalue weighted by molar-refractivity contribution is 0.593. The fraction of sp³-hybridized carbons (Fsp3) is 0.100. The minimum atomic E-state index is -3.37. The highest BCUT2D eigenvalue weighted by Crippen LogP contribution is 2.17. The molecular formula is C10H9NO3S. The van der Waals surface area contributed by atoms with Crippen LogP contribution >= 0.6 is 0 Å². The van der Waals surface area contributed by atoms with E-state index in [0.717, 1.165) is 10.2 Å². The van der Waals surface area contributed by atoms with Gasteiger partial charge in [-0.05, 0) is 24.3 Å². The summed E-state index contributed by atoms with van der Waals surface area (Å²) in [4.78, 5) is 11.4. The Morgan fingerprint density at radius 1 is 1.13 bits per heavy atom. The third-order valence-electron chi connectivity index (χ3n) is 2.12. The summed E-state index contributed by atoms with van der Waals surface area (Å²) in [6.07, 6.45) is 2.53. The average Bonchev–Trinajstić information content (AvgIpc) is 2.16. The van der Waals surface area contributed by atoms with Gasteiger partial charge in [0, 0.05) is 11.8 Å². The van der Waals surface area contributed by atoms with Gasteiger partial charge in [-0.25, -0.2) is 12.4 Å². The van der Waals surface area contributed by atoms with Crippen LogP contribution in [0.2, 0.25) is 0 Å². The Hall–Kier alpha value is -1.62. The zero-order valence-electron chi connectivity index (χ0n) is 8.04. The highest BCUT2D eigenvalue weighted by Gasteiger charge is 2.13. The van der Waals surface area contributed by atoms with E-state index in [-0.39, 0.29) is 5.43 Å². The molecular weight excluding hydrogens is 214 g/mol. The lowest BCUT2D eigenvalue weighted by atomic mass is 10.1. The lowest BCUT2D eigenvalue weighted by Crippen LogP contribution is -2.16. The van der Waals surface area contributed by atoms with Gasteiger partial charge in [0.1, 0.15) is 0 Å². The van der Waals surface area contributed by atoms with Crippen molar-refractivity contribution < 1.29 is 8.42 Å². The normalized spacial score (nSPS) is 11.8. The van der Waals surface area contributed by atoms with Crippen molar-refractivity contribution in [2.75, 3.05) is 6.26 Å². The van der Waals surface area contributed by atoms with Crippen molar-refractivity contribution in [3.63, 3.8) is 0 Å². The quantitative estimate of drug-likeness (QED) is 0.717. The van der Waals surface area contributed by atoms with Crippen LogP contribution in [-0.4, -0.2) is 18.6 Å². The zero-order valence-corrected chi connectivity index (χ0v) is 8.86. The summed E-state index contributed by atoms with van der Waals surface area (Å²) in [5.74, 6) is 0. The molecule has 0 aromatic carbocycles. The van der Waals surface area contributed by atoms with Crippen molar-refractivity contribution in [2.24, 2.45) is 0 Å². The molecule has 0 unspecified atom stereocenters. The van der Waals surface area contributed by atoms with Gasteiger partial charge in [-0.2, -0.15) is 0 Å². The molecule has 0 aromatic heterocycles. The number of benzene rings is 1. The van der Waals surface area contributed by atoms with Crippen LogP contribution in [0.5, 0.6) is 0 Å². The molecule has 1 aliphatic heterocycles. The predicted molar refractivity (Wildman–Crippen MR) is 57.6 cm³/mol. The van der Waals surface area contributed by atoms with E-state index in [1.807, 2.05) is 0 Å². The Balaban J connectivity index is 2.91. The summed E-state index contributed by atoms with van der Waals surface area (Å²) >= 11 is 0. The number of hydrogen-bond donors (Lipinski definition) is 0. The number of aromatic nitrogens is 1. The minimum Gasteiger partial charge on any atom is -0.289 e. The summed E-state index contributed by atoms with van der Waals surface area (Å²) < 4.78 is 23.9. The second kappa shape index (κ2) is 3.20. The van der Waals surface area contributed by atoms with E-state index in [1.54, 1.807) is 24.3 Å². The van der Waals surface area contributed by atoms with E-state index in [0.29, 0.717) is 11.3 Å². The predicted octanol–water partition coefficient (Wildman–Crippen LogP) is 0.761. The fourth-order valence-electron chi connectivity index (χ4n) is 1.48. The molecule has 0 bridgehead atoms. The highest BCUT2D eigenvalue weighted by molar-refractivity contribution is 7.89. The molecule has 78 valence electrons. The SMILES string of the molecule is CS(=O)(=O)n1cccc2c(=O)cccc1-2. The van der Waals surface area contributed by atoms with Crippen LogP contribution in [0.25, 0.3) is 11.3 Å². The largest absolute Gasteiger partial charge is 0.289 e. The maximum Gasteiger partial charge on any atom is 0.236 e. The second-order valence-electron chi connectivity index (χ2n) is 3.26. The summed E-state index contributed by atoms with van der Waals surface area (Å²) in [5.41, 5.74) is 0.642. The third-order valence-corrected chi connectivity index (χ3v) is 3.16. The van der Waals surface area contributed by atoms with Crippen LogP contribution in [0.3, 0.4) is 0 Å². The van der Waals surface area contributed by atoms with Crippen molar-refractivity contribution in [3.8, 4) is 11.3 Å². The van der Waals surface area contributed by atoms with Crippen molar-refractivity contribution in [3.05, 3.63) is 46.8 Å². The maximum atomic E-state index is 11.4. The van der Waals surface area contributed by atoms with Gasteiger partial charge in [0.2, 0.25) is 10.0 Å². The Bertz CT molecular complexity index is 627. The van der Waals surface area contributed by atoms with E-state index in [9.17, 15) is 13.2 Å². The Morgan fingerprint density at radius 3 is 2.53 bits per heavy atom. The zero-order chi connectivity index (χ0) is 11.1. The van der Waals surface area contributed by atoms with Crippen LogP contribution < -0.4 is 5.43 Å². The molecule has 0 saturated carbocycles. The molecule has 0 spiro atoms. The summed E-state index contributed by atoms with van der Waals surface area (Å²) in [7, 11) is -3.37. The van der Waals surface area contributed by atoms with E-state index in [4.69, 9.17) is 0 Å². The van der Waals surface area contributed by atoms with Gasteiger partial charge in [-0.3, -0.25) is 4.79 Å². The third kappa shape index (κ3) is 1.66. The molecule has 4 nitrogen and oxygen atoms in total. The van der Waals surface area contributed by atoms with Gasteiger partial charge in [0.05, 0.1) is 11.9 Å². The molecule has 5 heteroatoms. The van der Waals surface area contributed by atoms with Crippen LogP contribution in [0.1, 0.15) is 0 Å².